The lowest BCUT2D eigenvalue weighted by atomic mass is 10.2. The molecule has 92 valence electrons. The monoisotopic (exact) mass is 254 g/mol. The molecule has 1 saturated heterocycles. The molecule has 5 heteroatoms. The molecule has 1 aliphatic rings. The number of phenols is 1. The minimum absolute atomic E-state index is 0.00276. The summed E-state index contributed by atoms with van der Waals surface area (Å²) >= 11 is 5.52. The highest BCUT2D eigenvalue weighted by Gasteiger charge is 2.20. The lowest BCUT2D eigenvalue weighted by molar-refractivity contribution is -0.128. The summed E-state index contributed by atoms with van der Waals surface area (Å²) in [6, 6.07) is 7.11. The van der Waals surface area contributed by atoms with Gasteiger partial charge in [-0.15, -0.1) is 11.6 Å². The Balaban J connectivity index is 1.95. The summed E-state index contributed by atoms with van der Waals surface area (Å²) < 4.78 is 0. The Kier molecular flexibility index (Phi) is 3.74. The molecule has 17 heavy (non-hydrogen) atoms. The number of aromatic hydroxyl groups is 1. The molecular weight excluding hydrogens is 240 g/mol. The van der Waals surface area contributed by atoms with Crippen molar-refractivity contribution in [2.75, 3.05) is 37.0 Å². The zero-order valence-electron chi connectivity index (χ0n) is 9.47. The van der Waals surface area contributed by atoms with Crippen LogP contribution in [0.25, 0.3) is 0 Å². The second-order valence-electron chi connectivity index (χ2n) is 4.02. The molecule has 4 nitrogen and oxygen atoms in total. The van der Waals surface area contributed by atoms with E-state index in [1.165, 1.54) is 0 Å². The molecule has 2 rings (SSSR count). The fourth-order valence-corrected chi connectivity index (χ4v) is 2.13. The van der Waals surface area contributed by atoms with Crippen LogP contribution < -0.4 is 4.90 Å². The molecule has 0 radical (unpaired) electrons. The van der Waals surface area contributed by atoms with E-state index < -0.39 is 0 Å². The summed E-state index contributed by atoms with van der Waals surface area (Å²) in [5.74, 6) is 0.320. The van der Waals surface area contributed by atoms with E-state index in [1.807, 2.05) is 12.1 Å². The van der Waals surface area contributed by atoms with E-state index in [4.69, 9.17) is 11.6 Å². The second kappa shape index (κ2) is 5.27. The van der Waals surface area contributed by atoms with Crippen molar-refractivity contribution >= 4 is 23.2 Å². The molecular formula is C12H15ClN2O2. The number of rotatable bonds is 2. The van der Waals surface area contributed by atoms with Gasteiger partial charge >= 0.3 is 0 Å². The zero-order chi connectivity index (χ0) is 12.3. The highest BCUT2D eigenvalue weighted by molar-refractivity contribution is 6.27. The topological polar surface area (TPSA) is 43.8 Å². The van der Waals surface area contributed by atoms with Crippen LogP contribution in [-0.4, -0.2) is 48.0 Å². The van der Waals surface area contributed by atoms with Crippen LogP contribution in [0.15, 0.2) is 24.3 Å². The molecule has 0 saturated carbocycles. The van der Waals surface area contributed by atoms with Crippen LogP contribution in [0.1, 0.15) is 0 Å². The average Bonchev–Trinajstić information content (AvgIpc) is 2.39. The van der Waals surface area contributed by atoms with Gasteiger partial charge in [0, 0.05) is 31.9 Å². The third-order valence-corrected chi connectivity index (χ3v) is 3.19. The summed E-state index contributed by atoms with van der Waals surface area (Å²) in [6.45, 7) is 3.00. The molecule has 0 bridgehead atoms. The van der Waals surface area contributed by atoms with E-state index in [-0.39, 0.29) is 17.5 Å². The van der Waals surface area contributed by atoms with Crippen LogP contribution in [0.4, 0.5) is 5.69 Å². The fourth-order valence-electron chi connectivity index (χ4n) is 1.96. The Morgan fingerprint density at radius 1 is 1.18 bits per heavy atom. The van der Waals surface area contributed by atoms with Gasteiger partial charge in [0.25, 0.3) is 0 Å². The molecule has 0 unspecified atom stereocenters. The van der Waals surface area contributed by atoms with Gasteiger partial charge in [-0.3, -0.25) is 4.79 Å². The smallest absolute Gasteiger partial charge is 0.237 e. The highest BCUT2D eigenvalue weighted by Crippen LogP contribution is 2.19. The largest absolute Gasteiger partial charge is 0.508 e. The summed E-state index contributed by atoms with van der Waals surface area (Å²) in [5.41, 5.74) is 1.07. The number of hydrogen-bond acceptors (Lipinski definition) is 3. The molecule has 1 aromatic carbocycles. The number of amides is 1. The minimum Gasteiger partial charge on any atom is -0.508 e. The average molecular weight is 255 g/mol. The van der Waals surface area contributed by atoms with E-state index in [2.05, 4.69) is 4.90 Å². The molecule has 1 aliphatic heterocycles. The first-order valence-corrected chi connectivity index (χ1v) is 6.12. The van der Waals surface area contributed by atoms with Crippen molar-refractivity contribution in [1.29, 1.82) is 0 Å². The Bertz CT molecular complexity index is 386. The number of anilines is 1. The summed E-state index contributed by atoms with van der Waals surface area (Å²) in [4.78, 5) is 15.4. The van der Waals surface area contributed by atoms with Crippen molar-refractivity contribution in [3.05, 3.63) is 24.3 Å². The van der Waals surface area contributed by atoms with Gasteiger partial charge in [0.05, 0.1) is 0 Å². The van der Waals surface area contributed by atoms with Gasteiger partial charge in [0.15, 0.2) is 0 Å². The summed E-state index contributed by atoms with van der Waals surface area (Å²) in [6.07, 6.45) is 0. The summed E-state index contributed by atoms with van der Waals surface area (Å²) in [7, 11) is 0. The van der Waals surface area contributed by atoms with Gasteiger partial charge in [-0.25, -0.2) is 0 Å². The molecule has 1 amide bonds. The predicted octanol–water partition coefficient (Wildman–Crippen LogP) is 1.28. The van der Waals surface area contributed by atoms with Crippen LogP contribution in [0.5, 0.6) is 5.75 Å². The maximum Gasteiger partial charge on any atom is 0.237 e. The number of hydrogen-bond donors (Lipinski definition) is 1. The number of carbonyl (C=O) groups is 1. The van der Waals surface area contributed by atoms with Crippen LogP contribution in [0, 0.1) is 0 Å². The summed E-state index contributed by atoms with van der Waals surface area (Å²) in [5, 5.41) is 9.22. The first-order valence-electron chi connectivity index (χ1n) is 5.58. The SMILES string of the molecule is O=C(CCl)N1CCN(c2ccc(O)cc2)CC1. The number of piperazine rings is 1. The number of alkyl halides is 1. The van der Waals surface area contributed by atoms with Crippen LogP contribution in [-0.2, 0) is 4.79 Å². The van der Waals surface area contributed by atoms with Gasteiger partial charge in [-0.2, -0.15) is 0 Å². The van der Waals surface area contributed by atoms with E-state index in [0.29, 0.717) is 13.1 Å². The van der Waals surface area contributed by atoms with E-state index in [0.717, 1.165) is 18.8 Å². The van der Waals surface area contributed by atoms with Crippen molar-refractivity contribution < 1.29 is 9.90 Å². The van der Waals surface area contributed by atoms with Crippen LogP contribution in [0.3, 0.4) is 0 Å². The molecule has 0 aromatic heterocycles. The van der Waals surface area contributed by atoms with Gasteiger partial charge < -0.3 is 14.9 Å². The van der Waals surface area contributed by atoms with Crippen molar-refractivity contribution in [1.82, 2.24) is 4.90 Å². The van der Waals surface area contributed by atoms with Crippen molar-refractivity contribution in [2.45, 2.75) is 0 Å². The first kappa shape index (κ1) is 12.0. The lowest BCUT2D eigenvalue weighted by Crippen LogP contribution is -2.49. The number of halogens is 1. The minimum atomic E-state index is -0.00276. The Morgan fingerprint density at radius 3 is 2.29 bits per heavy atom. The molecule has 0 atom stereocenters. The molecule has 0 aliphatic carbocycles. The quantitative estimate of drug-likeness (QED) is 0.809. The van der Waals surface area contributed by atoms with E-state index >= 15 is 0 Å². The highest BCUT2D eigenvalue weighted by atomic mass is 35.5. The maximum absolute atomic E-state index is 11.4. The number of nitrogens with zero attached hydrogens (tertiary/aromatic N) is 2. The van der Waals surface area contributed by atoms with E-state index in [9.17, 15) is 9.90 Å². The van der Waals surface area contributed by atoms with Gasteiger partial charge in [0.1, 0.15) is 11.6 Å². The second-order valence-corrected chi connectivity index (χ2v) is 4.29. The van der Waals surface area contributed by atoms with Gasteiger partial charge in [0.2, 0.25) is 5.91 Å². The number of benzene rings is 1. The van der Waals surface area contributed by atoms with Crippen LogP contribution in [0.2, 0.25) is 0 Å². The molecule has 0 spiro atoms. The number of phenolic OH excluding ortho intramolecular Hbond substituents is 1. The van der Waals surface area contributed by atoms with Crippen molar-refractivity contribution in [2.24, 2.45) is 0 Å². The van der Waals surface area contributed by atoms with Crippen molar-refractivity contribution in [3.63, 3.8) is 0 Å². The van der Waals surface area contributed by atoms with Crippen molar-refractivity contribution in [3.8, 4) is 5.75 Å². The molecule has 1 heterocycles. The first-order chi connectivity index (χ1) is 8.20. The van der Waals surface area contributed by atoms with Gasteiger partial charge in [-0.05, 0) is 24.3 Å². The third-order valence-electron chi connectivity index (χ3n) is 2.96. The Labute approximate surface area is 105 Å². The normalized spacial score (nSPS) is 16.1. The standard InChI is InChI=1S/C12H15ClN2O2/c13-9-12(17)15-7-5-14(6-8-15)10-1-3-11(16)4-2-10/h1-4,16H,5-9H2. The molecule has 1 fully saturated rings. The maximum atomic E-state index is 11.4. The molecule has 1 N–H and O–H groups in total. The lowest BCUT2D eigenvalue weighted by Gasteiger charge is -2.35. The zero-order valence-corrected chi connectivity index (χ0v) is 10.2. The third kappa shape index (κ3) is 2.82. The Morgan fingerprint density at radius 2 is 1.76 bits per heavy atom. The predicted molar refractivity (Wildman–Crippen MR) is 67.6 cm³/mol. The molecule has 1 aromatic rings. The number of carbonyl (C=O) groups excluding carboxylic acids is 1. The van der Waals surface area contributed by atoms with Crippen LogP contribution >= 0.6 is 11.6 Å². The van der Waals surface area contributed by atoms with E-state index in [1.54, 1.807) is 17.0 Å². The fraction of sp³-hybridized carbons (Fsp3) is 0.417. The Hall–Kier alpha value is -1.42. The van der Waals surface area contributed by atoms with Gasteiger partial charge in [-0.1, -0.05) is 0 Å².